The van der Waals surface area contributed by atoms with Crippen molar-refractivity contribution in [3.05, 3.63) is 66.7 Å². The third-order valence-corrected chi connectivity index (χ3v) is 6.63. The van der Waals surface area contributed by atoms with Crippen LogP contribution in [0.15, 0.2) is 60.9 Å². The van der Waals surface area contributed by atoms with E-state index in [9.17, 15) is 4.39 Å². The summed E-state index contributed by atoms with van der Waals surface area (Å²) in [5, 5.41) is 8.53. The molecule has 1 spiro atoms. The normalized spacial score (nSPS) is 20.9. The minimum atomic E-state index is -0.261. The first kappa shape index (κ1) is 18.4. The lowest BCUT2D eigenvalue weighted by atomic mass is 9.87. The van der Waals surface area contributed by atoms with E-state index in [0.29, 0.717) is 5.41 Å². The summed E-state index contributed by atoms with van der Waals surface area (Å²) in [5.41, 5.74) is 4.66. The summed E-state index contributed by atoms with van der Waals surface area (Å²) in [7, 11) is 0. The van der Waals surface area contributed by atoms with Crippen LogP contribution in [-0.2, 0) is 0 Å². The van der Waals surface area contributed by atoms with Crippen molar-refractivity contribution >= 4 is 11.5 Å². The molecule has 4 aromatic rings. The van der Waals surface area contributed by atoms with Gasteiger partial charge in [-0.05, 0) is 67.9 Å². The fourth-order valence-electron chi connectivity index (χ4n) is 4.94. The second-order valence-corrected chi connectivity index (χ2v) is 8.61. The van der Waals surface area contributed by atoms with Gasteiger partial charge in [0.15, 0.2) is 5.65 Å². The van der Waals surface area contributed by atoms with Crippen molar-refractivity contribution < 1.29 is 4.39 Å². The monoisotopic (exact) mass is 414 g/mol. The van der Waals surface area contributed by atoms with Crippen LogP contribution in [0.3, 0.4) is 0 Å². The number of aromatic nitrogens is 4. The molecule has 0 radical (unpaired) electrons. The zero-order valence-corrected chi connectivity index (χ0v) is 17.1. The summed E-state index contributed by atoms with van der Waals surface area (Å²) in [6.45, 7) is 4.25. The van der Waals surface area contributed by atoms with Gasteiger partial charge in [0.25, 0.3) is 0 Å². The quantitative estimate of drug-likeness (QED) is 0.553. The minimum absolute atomic E-state index is 0.261. The van der Waals surface area contributed by atoms with E-state index < -0.39 is 0 Å². The Kier molecular flexibility index (Phi) is 4.24. The molecule has 0 bridgehead atoms. The molecule has 0 amide bonds. The molecule has 6 nitrogen and oxygen atoms in total. The van der Waals surface area contributed by atoms with E-state index in [1.165, 1.54) is 25.0 Å². The smallest absolute Gasteiger partial charge is 0.155 e. The summed E-state index contributed by atoms with van der Waals surface area (Å²) in [6.07, 6.45) is 5.96. The van der Waals surface area contributed by atoms with Crippen molar-refractivity contribution in [3.63, 3.8) is 0 Å². The number of hydrogen-bond donors (Lipinski definition) is 1. The lowest BCUT2D eigenvalue weighted by Crippen LogP contribution is -2.29. The van der Waals surface area contributed by atoms with Gasteiger partial charge in [0, 0.05) is 48.6 Å². The number of halogens is 1. The van der Waals surface area contributed by atoms with Gasteiger partial charge in [-0.25, -0.2) is 13.9 Å². The van der Waals surface area contributed by atoms with Crippen LogP contribution in [0.5, 0.6) is 0 Å². The van der Waals surface area contributed by atoms with Crippen molar-refractivity contribution in [2.45, 2.75) is 12.8 Å². The van der Waals surface area contributed by atoms with E-state index in [1.54, 1.807) is 24.5 Å². The van der Waals surface area contributed by atoms with Gasteiger partial charge in [-0.2, -0.15) is 0 Å². The maximum absolute atomic E-state index is 13.5. The fraction of sp³-hybridized carbons (Fsp3) is 0.292. The molecule has 1 N–H and O–H groups in total. The van der Waals surface area contributed by atoms with Crippen LogP contribution in [0.25, 0.3) is 28.2 Å². The first-order chi connectivity index (χ1) is 15.2. The number of hydrogen-bond acceptors (Lipinski definition) is 5. The zero-order valence-electron chi connectivity index (χ0n) is 17.1. The highest BCUT2D eigenvalue weighted by Crippen LogP contribution is 2.38. The van der Waals surface area contributed by atoms with Gasteiger partial charge < -0.3 is 10.2 Å². The van der Waals surface area contributed by atoms with E-state index in [4.69, 9.17) is 10.1 Å². The predicted molar refractivity (Wildman–Crippen MR) is 118 cm³/mol. The van der Waals surface area contributed by atoms with Crippen molar-refractivity contribution in [3.8, 4) is 22.5 Å². The number of fused-ring (bicyclic) bond motifs is 1. The first-order valence-electron chi connectivity index (χ1n) is 10.7. The molecule has 0 aliphatic carbocycles. The topological polar surface area (TPSA) is 58.4 Å². The third kappa shape index (κ3) is 3.16. The zero-order chi connectivity index (χ0) is 20.8. The molecule has 1 unspecified atom stereocenters. The highest BCUT2D eigenvalue weighted by atomic mass is 19.1. The number of imidazole rings is 1. The SMILES string of the molecule is Fc1ccc(-c2nc3ccc(N4CCC5(CCNC5)C4)nn3c2-c2ccncc2)cc1. The summed E-state index contributed by atoms with van der Waals surface area (Å²) in [4.78, 5) is 11.4. The molecule has 0 saturated carbocycles. The van der Waals surface area contributed by atoms with E-state index in [1.807, 2.05) is 22.7 Å². The van der Waals surface area contributed by atoms with E-state index >= 15 is 0 Å². The Morgan fingerprint density at radius 1 is 0.935 bits per heavy atom. The van der Waals surface area contributed by atoms with E-state index in [0.717, 1.165) is 60.2 Å². The average Bonchev–Trinajstić information content (AvgIpc) is 3.54. The van der Waals surface area contributed by atoms with Crippen LogP contribution >= 0.6 is 0 Å². The molecule has 156 valence electrons. The lowest BCUT2D eigenvalue weighted by Gasteiger charge is -2.23. The van der Waals surface area contributed by atoms with Gasteiger partial charge in [0.1, 0.15) is 17.3 Å². The van der Waals surface area contributed by atoms with Gasteiger partial charge in [-0.1, -0.05) is 0 Å². The number of nitrogens with zero attached hydrogens (tertiary/aromatic N) is 5. The molecule has 6 rings (SSSR count). The van der Waals surface area contributed by atoms with Gasteiger partial charge in [-0.3, -0.25) is 4.98 Å². The van der Waals surface area contributed by atoms with Gasteiger partial charge in [0.05, 0.1) is 5.69 Å². The van der Waals surface area contributed by atoms with Crippen LogP contribution in [-0.4, -0.2) is 45.8 Å². The Hall–Kier alpha value is -3.32. The van der Waals surface area contributed by atoms with Crippen LogP contribution in [0.1, 0.15) is 12.8 Å². The molecule has 31 heavy (non-hydrogen) atoms. The standard InChI is InChI=1S/C24H23FN6/c25-19-3-1-17(2-4-19)22-23(18-7-11-26-12-8-18)31-20(28-22)5-6-21(29-31)30-14-10-24(16-30)9-13-27-15-24/h1-8,11-12,27H,9-10,13-16H2. The minimum Gasteiger partial charge on any atom is -0.355 e. The molecule has 3 aromatic heterocycles. The highest BCUT2D eigenvalue weighted by Gasteiger charge is 2.40. The molecule has 2 aliphatic rings. The molecule has 1 atom stereocenters. The van der Waals surface area contributed by atoms with Crippen LogP contribution < -0.4 is 10.2 Å². The predicted octanol–water partition coefficient (Wildman–Crippen LogP) is 3.79. The molecule has 2 aliphatic heterocycles. The van der Waals surface area contributed by atoms with Crippen LogP contribution in [0.2, 0.25) is 0 Å². The maximum Gasteiger partial charge on any atom is 0.155 e. The number of benzene rings is 1. The van der Waals surface area contributed by atoms with Gasteiger partial charge >= 0.3 is 0 Å². The Labute approximate surface area is 179 Å². The Morgan fingerprint density at radius 2 is 1.77 bits per heavy atom. The molecule has 2 fully saturated rings. The first-order valence-corrected chi connectivity index (χ1v) is 10.7. The number of pyridine rings is 1. The van der Waals surface area contributed by atoms with E-state index in [-0.39, 0.29) is 5.82 Å². The van der Waals surface area contributed by atoms with Crippen molar-refractivity contribution in [2.24, 2.45) is 5.41 Å². The molecular formula is C24H23FN6. The molecule has 2 saturated heterocycles. The summed E-state index contributed by atoms with van der Waals surface area (Å²) >= 11 is 0. The summed E-state index contributed by atoms with van der Waals surface area (Å²) < 4.78 is 15.4. The molecule has 1 aromatic carbocycles. The van der Waals surface area contributed by atoms with Gasteiger partial charge in [-0.15, -0.1) is 5.10 Å². The van der Waals surface area contributed by atoms with Gasteiger partial charge in [0.2, 0.25) is 0 Å². The van der Waals surface area contributed by atoms with Crippen LogP contribution in [0.4, 0.5) is 10.2 Å². The second kappa shape index (κ2) is 7.13. The fourth-order valence-corrected chi connectivity index (χ4v) is 4.94. The number of rotatable bonds is 3. The Balaban J connectivity index is 1.48. The maximum atomic E-state index is 13.5. The molecular weight excluding hydrogens is 391 g/mol. The number of nitrogens with one attached hydrogen (secondary N) is 1. The van der Waals surface area contributed by atoms with Crippen LogP contribution in [0, 0.1) is 11.2 Å². The highest BCUT2D eigenvalue weighted by molar-refractivity contribution is 5.81. The van der Waals surface area contributed by atoms with Crippen molar-refractivity contribution in [1.29, 1.82) is 0 Å². The number of anilines is 1. The van der Waals surface area contributed by atoms with E-state index in [2.05, 4.69) is 21.3 Å². The summed E-state index contributed by atoms with van der Waals surface area (Å²) in [6, 6.07) is 14.5. The lowest BCUT2D eigenvalue weighted by molar-refractivity contribution is 0.369. The molecule has 5 heterocycles. The largest absolute Gasteiger partial charge is 0.355 e. The average molecular weight is 414 g/mol. The molecule has 7 heteroatoms. The van der Waals surface area contributed by atoms with Crippen molar-refractivity contribution in [1.82, 2.24) is 24.9 Å². The Morgan fingerprint density at radius 3 is 2.55 bits per heavy atom. The summed E-state index contributed by atoms with van der Waals surface area (Å²) in [5.74, 6) is 0.706. The Bertz CT molecular complexity index is 1230. The third-order valence-electron chi connectivity index (χ3n) is 6.63. The van der Waals surface area contributed by atoms with Crippen molar-refractivity contribution in [2.75, 3.05) is 31.1 Å². The second-order valence-electron chi connectivity index (χ2n) is 8.61.